The second-order valence-corrected chi connectivity index (χ2v) is 15.7. The lowest BCUT2D eigenvalue weighted by atomic mass is 9.81. The van der Waals surface area contributed by atoms with Gasteiger partial charge >= 0.3 is 0 Å². The molecule has 0 bridgehead atoms. The van der Waals surface area contributed by atoms with Gasteiger partial charge in [0.2, 0.25) is 0 Å². The summed E-state index contributed by atoms with van der Waals surface area (Å²) >= 11 is 0. The van der Waals surface area contributed by atoms with Crippen LogP contribution in [0.4, 0.5) is 0 Å². The molecule has 0 unspecified atom stereocenters. The highest BCUT2D eigenvalue weighted by Crippen LogP contribution is 2.55. The molecule has 0 atom stereocenters. The Kier molecular flexibility index (Phi) is 7.84. The van der Waals surface area contributed by atoms with Crippen LogP contribution in [0.25, 0.3) is 89.5 Å². The Bertz CT molecular complexity index is 3000. The first-order chi connectivity index (χ1) is 28.5. The Morgan fingerprint density at radius 1 is 0.328 bits per heavy atom. The molecule has 0 saturated heterocycles. The second kappa shape index (κ2) is 13.4. The molecule has 0 spiro atoms. The van der Waals surface area contributed by atoms with Gasteiger partial charge in [-0.15, -0.1) is 0 Å². The number of rotatable bonds is 3. The summed E-state index contributed by atoms with van der Waals surface area (Å²) in [5.74, 6) is 2.32. The smallest absolute Gasteiger partial charge is 0.160 e. The van der Waals surface area contributed by atoms with Gasteiger partial charge in [0, 0.05) is 33.2 Å². The summed E-state index contributed by atoms with van der Waals surface area (Å²) in [4.78, 5) is 10.4. The van der Waals surface area contributed by atoms with Gasteiger partial charge in [-0.3, -0.25) is 0 Å². The minimum atomic E-state index is -0.206. The third-order valence-corrected chi connectivity index (χ3v) is 11.9. The molecule has 3 heteroatoms. The molecule has 2 heterocycles. The molecular formula is C55H38N2O. The minimum absolute atomic E-state index is 0.206. The zero-order valence-electron chi connectivity index (χ0n) is 32.3. The quantitative estimate of drug-likeness (QED) is 0.181. The molecular weight excluding hydrogens is 705 g/mol. The molecule has 9 aromatic rings. The Morgan fingerprint density at radius 3 is 1.52 bits per heavy atom. The number of ether oxygens (including phenoxy) is 1. The van der Waals surface area contributed by atoms with E-state index in [1.165, 1.54) is 22.3 Å². The van der Waals surface area contributed by atoms with Crippen LogP contribution in [-0.4, -0.2) is 9.97 Å². The summed E-state index contributed by atoms with van der Waals surface area (Å²) in [6.45, 7) is 4.65. The minimum Gasteiger partial charge on any atom is -0.456 e. The Morgan fingerprint density at radius 2 is 0.845 bits per heavy atom. The first kappa shape index (κ1) is 33.9. The summed E-state index contributed by atoms with van der Waals surface area (Å²) in [5.41, 5.74) is 18.5. The zero-order chi connectivity index (χ0) is 38.8. The first-order valence-electron chi connectivity index (χ1n) is 19.9. The molecule has 0 amide bonds. The van der Waals surface area contributed by atoms with Crippen LogP contribution in [0.2, 0.25) is 0 Å². The van der Waals surface area contributed by atoms with E-state index < -0.39 is 0 Å². The van der Waals surface area contributed by atoms with Crippen LogP contribution in [0.5, 0.6) is 11.5 Å². The van der Waals surface area contributed by atoms with Gasteiger partial charge in [-0.2, -0.15) is 0 Å². The van der Waals surface area contributed by atoms with Gasteiger partial charge in [-0.05, 0) is 86.0 Å². The number of nitrogens with zero attached hydrogens (tertiary/aromatic N) is 2. The van der Waals surface area contributed by atoms with Crippen molar-refractivity contribution in [1.82, 2.24) is 9.97 Å². The van der Waals surface area contributed by atoms with E-state index >= 15 is 0 Å². The van der Waals surface area contributed by atoms with Crippen molar-refractivity contribution in [2.45, 2.75) is 19.3 Å². The number of fused-ring (bicyclic) bond motifs is 12. The number of hydrogen-bond donors (Lipinski definition) is 0. The van der Waals surface area contributed by atoms with Crippen molar-refractivity contribution in [3.63, 3.8) is 0 Å². The summed E-state index contributed by atoms with van der Waals surface area (Å²) in [5, 5.41) is 0. The maximum Gasteiger partial charge on any atom is 0.160 e. The predicted molar refractivity (Wildman–Crippen MR) is 238 cm³/mol. The Labute approximate surface area is 339 Å². The Hall–Kier alpha value is -7.36. The normalized spacial score (nSPS) is 12.9. The molecule has 8 aromatic carbocycles. The summed E-state index contributed by atoms with van der Waals surface area (Å²) in [6.07, 6.45) is 0. The van der Waals surface area contributed by atoms with E-state index in [4.69, 9.17) is 14.7 Å². The van der Waals surface area contributed by atoms with Gasteiger partial charge in [-0.25, -0.2) is 9.97 Å². The number of aromatic nitrogens is 2. The average Bonchev–Trinajstić information content (AvgIpc) is 3.50. The van der Waals surface area contributed by atoms with Crippen LogP contribution in [0.15, 0.2) is 194 Å². The lowest BCUT2D eigenvalue weighted by Crippen LogP contribution is -2.15. The standard InChI is InChI=1S/C55H38N2O/c1-55(2)48-27-15-13-25-43(48)46-32-47-45-31-37(51-34-50(35-17-5-3-6-18-35)56-54(57-51)36-19-7-4-8-20-36)29-30-42(45)40-23-10-9-21-38(40)39-22-11-12-24-41(39)44-26-14-16-28-52(44)58-53(47)33-49(46)55/h3-34H,1-2H3. The molecule has 1 aliphatic heterocycles. The van der Waals surface area contributed by atoms with Gasteiger partial charge in [0.1, 0.15) is 11.5 Å². The van der Waals surface area contributed by atoms with E-state index in [2.05, 4.69) is 184 Å². The lowest BCUT2D eigenvalue weighted by Gasteiger charge is -2.24. The van der Waals surface area contributed by atoms with Crippen LogP contribution in [0.3, 0.4) is 0 Å². The van der Waals surface area contributed by atoms with E-state index in [1.54, 1.807) is 0 Å². The molecule has 11 rings (SSSR count). The van der Waals surface area contributed by atoms with Gasteiger partial charge < -0.3 is 4.74 Å². The largest absolute Gasteiger partial charge is 0.456 e. The summed E-state index contributed by atoms with van der Waals surface area (Å²) in [6, 6.07) is 69.0. The molecule has 274 valence electrons. The maximum absolute atomic E-state index is 7.28. The highest BCUT2D eigenvalue weighted by molar-refractivity contribution is 6.00. The van der Waals surface area contributed by atoms with Crippen molar-refractivity contribution in [3.05, 3.63) is 205 Å². The molecule has 1 aliphatic carbocycles. The molecule has 3 nitrogen and oxygen atoms in total. The topological polar surface area (TPSA) is 35.0 Å². The van der Waals surface area contributed by atoms with E-state index in [9.17, 15) is 0 Å². The highest BCUT2D eigenvalue weighted by Gasteiger charge is 2.37. The van der Waals surface area contributed by atoms with E-state index in [0.29, 0.717) is 5.82 Å². The van der Waals surface area contributed by atoms with Gasteiger partial charge in [0.15, 0.2) is 5.82 Å². The summed E-state index contributed by atoms with van der Waals surface area (Å²) in [7, 11) is 0. The fourth-order valence-corrected chi connectivity index (χ4v) is 9.05. The van der Waals surface area contributed by atoms with Crippen molar-refractivity contribution in [1.29, 1.82) is 0 Å². The molecule has 0 radical (unpaired) electrons. The highest BCUT2D eigenvalue weighted by atomic mass is 16.5. The van der Waals surface area contributed by atoms with Gasteiger partial charge in [-0.1, -0.05) is 178 Å². The van der Waals surface area contributed by atoms with Gasteiger partial charge in [0.25, 0.3) is 0 Å². The van der Waals surface area contributed by atoms with Crippen LogP contribution < -0.4 is 4.74 Å². The molecule has 1 aromatic heterocycles. The third-order valence-electron chi connectivity index (χ3n) is 11.9. The lowest BCUT2D eigenvalue weighted by molar-refractivity contribution is 0.484. The van der Waals surface area contributed by atoms with Crippen LogP contribution in [0, 0.1) is 0 Å². The zero-order valence-corrected chi connectivity index (χ0v) is 32.3. The Balaban J connectivity index is 1.23. The van der Waals surface area contributed by atoms with E-state index in [0.717, 1.165) is 84.1 Å². The molecule has 0 fully saturated rings. The van der Waals surface area contributed by atoms with Crippen molar-refractivity contribution in [2.75, 3.05) is 0 Å². The second-order valence-electron chi connectivity index (χ2n) is 15.7. The van der Waals surface area contributed by atoms with Crippen molar-refractivity contribution < 1.29 is 4.74 Å². The molecule has 2 aliphatic rings. The van der Waals surface area contributed by atoms with E-state index in [1.807, 2.05) is 24.3 Å². The number of hydrogen-bond acceptors (Lipinski definition) is 3. The van der Waals surface area contributed by atoms with Crippen LogP contribution in [0.1, 0.15) is 25.0 Å². The monoisotopic (exact) mass is 742 g/mol. The molecule has 58 heavy (non-hydrogen) atoms. The van der Waals surface area contributed by atoms with Gasteiger partial charge in [0.05, 0.1) is 11.4 Å². The van der Waals surface area contributed by atoms with Crippen LogP contribution in [-0.2, 0) is 5.41 Å². The third kappa shape index (κ3) is 5.50. The predicted octanol–water partition coefficient (Wildman–Crippen LogP) is 14.6. The van der Waals surface area contributed by atoms with Crippen LogP contribution >= 0.6 is 0 Å². The first-order valence-corrected chi connectivity index (χ1v) is 19.9. The maximum atomic E-state index is 7.28. The van der Waals surface area contributed by atoms with E-state index in [-0.39, 0.29) is 5.41 Å². The number of benzene rings is 8. The fourth-order valence-electron chi connectivity index (χ4n) is 9.05. The van der Waals surface area contributed by atoms with Crippen molar-refractivity contribution >= 4 is 0 Å². The molecule has 0 saturated carbocycles. The number of para-hydroxylation sites is 1. The van der Waals surface area contributed by atoms with Crippen molar-refractivity contribution in [2.24, 2.45) is 0 Å². The average molecular weight is 743 g/mol. The fraction of sp³-hybridized carbons (Fsp3) is 0.0545. The SMILES string of the molecule is CC1(C)c2ccccc2-c2cc3c(cc21)Oc1ccccc1-c1ccccc1-c1ccccc1-c1ccc(-c2cc(-c4ccccc4)nc(-c4ccccc4)n2)cc1-3. The molecule has 0 N–H and O–H groups in total. The van der Waals surface area contributed by atoms with Crippen molar-refractivity contribution in [3.8, 4) is 101 Å². The summed E-state index contributed by atoms with van der Waals surface area (Å²) < 4.78 is 7.28.